The molecule has 3 heterocycles. The van der Waals surface area contributed by atoms with Gasteiger partial charge in [0, 0.05) is 13.1 Å². The number of sulfonamides is 1. The summed E-state index contributed by atoms with van der Waals surface area (Å²) in [6, 6.07) is 13.5. The molecule has 3 aromatic heterocycles. The molecule has 0 fully saturated rings. The molecule has 3 N–H and O–H groups in total. The summed E-state index contributed by atoms with van der Waals surface area (Å²) in [5, 5.41) is 15.3. The van der Waals surface area contributed by atoms with Gasteiger partial charge in [0.15, 0.2) is 11.5 Å². The van der Waals surface area contributed by atoms with Crippen molar-refractivity contribution >= 4 is 49.9 Å². The molecule has 0 aliphatic heterocycles. The van der Waals surface area contributed by atoms with Crippen LogP contribution in [0.15, 0.2) is 42.5 Å². The topological polar surface area (TPSA) is 140 Å². The fourth-order valence-electron chi connectivity index (χ4n) is 3.29. The van der Waals surface area contributed by atoms with Gasteiger partial charge in [0.25, 0.3) is 6.43 Å². The van der Waals surface area contributed by atoms with Gasteiger partial charge in [0.05, 0.1) is 23.3 Å². The maximum atomic E-state index is 13.4. The van der Waals surface area contributed by atoms with E-state index in [-0.39, 0.29) is 22.7 Å². The molecule has 0 atom stereocenters. The molecule has 0 spiro atoms. The van der Waals surface area contributed by atoms with Crippen LogP contribution in [0.1, 0.15) is 23.5 Å². The van der Waals surface area contributed by atoms with Gasteiger partial charge in [-0.15, -0.1) is 0 Å². The molecule has 4 aromatic rings. The molecule has 180 valence electrons. The number of rotatable bonds is 7. The van der Waals surface area contributed by atoms with E-state index in [1.807, 2.05) is 6.07 Å². The van der Waals surface area contributed by atoms with E-state index in [0.717, 1.165) is 10.6 Å². The van der Waals surface area contributed by atoms with Crippen molar-refractivity contribution in [3.8, 4) is 6.07 Å². The summed E-state index contributed by atoms with van der Waals surface area (Å²) < 4.78 is 52.0. The molecule has 0 saturated carbocycles. The van der Waals surface area contributed by atoms with Gasteiger partial charge in [-0.2, -0.15) is 5.26 Å². The van der Waals surface area contributed by atoms with Crippen LogP contribution in [0.2, 0.25) is 0 Å². The lowest BCUT2D eigenvalue weighted by molar-refractivity contribution is 0.142. The Morgan fingerprint density at radius 2 is 1.80 bits per heavy atom. The SMILES string of the molecule is Cc1ccc(Nc2cc(Nc3ccccc3N(C)S(C)(=O)=O)c3nc(C(F)F)[nH]c3n2)nc1C#N. The molecule has 4 rings (SSSR count). The minimum absolute atomic E-state index is 0.0781. The van der Waals surface area contributed by atoms with E-state index in [1.165, 1.54) is 13.1 Å². The van der Waals surface area contributed by atoms with Crippen molar-refractivity contribution < 1.29 is 17.2 Å². The van der Waals surface area contributed by atoms with Gasteiger partial charge in [-0.1, -0.05) is 18.2 Å². The number of aromatic nitrogens is 4. The van der Waals surface area contributed by atoms with Gasteiger partial charge in [-0.25, -0.2) is 32.2 Å². The first kappa shape index (κ1) is 23.8. The summed E-state index contributed by atoms with van der Waals surface area (Å²) in [7, 11) is -2.16. The van der Waals surface area contributed by atoms with Crippen molar-refractivity contribution in [2.75, 3.05) is 28.2 Å². The van der Waals surface area contributed by atoms with Crippen LogP contribution in [0.4, 0.5) is 37.5 Å². The number of pyridine rings is 2. The fraction of sp³-hybridized carbons (Fsp3) is 0.182. The largest absolute Gasteiger partial charge is 0.352 e. The Morgan fingerprint density at radius 1 is 1.06 bits per heavy atom. The fourth-order valence-corrected chi connectivity index (χ4v) is 3.81. The smallest absolute Gasteiger partial charge is 0.295 e. The third-order valence-electron chi connectivity index (χ3n) is 5.15. The Bertz CT molecular complexity index is 1560. The number of aromatic amines is 1. The van der Waals surface area contributed by atoms with E-state index >= 15 is 0 Å². The van der Waals surface area contributed by atoms with Crippen LogP contribution in [0.3, 0.4) is 0 Å². The number of fused-ring (bicyclic) bond motifs is 1. The maximum Gasteiger partial charge on any atom is 0.295 e. The van der Waals surface area contributed by atoms with E-state index in [1.54, 1.807) is 43.3 Å². The number of nitrogens with one attached hydrogen (secondary N) is 3. The first-order chi connectivity index (χ1) is 16.6. The van der Waals surface area contributed by atoms with E-state index in [4.69, 9.17) is 0 Å². The average Bonchev–Trinajstić information content (AvgIpc) is 3.24. The van der Waals surface area contributed by atoms with Crippen molar-refractivity contribution in [3.05, 3.63) is 59.5 Å². The third-order valence-corrected chi connectivity index (χ3v) is 6.34. The zero-order valence-corrected chi connectivity index (χ0v) is 19.7. The Hall–Kier alpha value is -4.31. The summed E-state index contributed by atoms with van der Waals surface area (Å²) in [5.74, 6) is 0.00360. The average molecular weight is 499 g/mol. The molecule has 0 saturated heterocycles. The second kappa shape index (κ2) is 9.15. The molecule has 0 bridgehead atoms. The zero-order chi connectivity index (χ0) is 25.3. The standard InChI is InChI=1S/C22H20F2N8O2S/c1-12-8-9-17(27-15(12)11-25)28-18-10-14(19-21(29-18)31-22(30-19)20(23)24)26-13-6-4-5-7-16(13)32(2)35(3,33)34/h4-10,20H,1-3H3,(H3,26,27,28,29,30,31). The Kier molecular flexibility index (Phi) is 6.23. The minimum atomic E-state index is -3.57. The van der Waals surface area contributed by atoms with Gasteiger partial charge in [-0.05, 0) is 30.7 Å². The van der Waals surface area contributed by atoms with Crippen LogP contribution < -0.4 is 14.9 Å². The predicted molar refractivity (Wildman–Crippen MR) is 129 cm³/mol. The summed E-state index contributed by atoms with van der Waals surface area (Å²) in [6.45, 7) is 1.75. The van der Waals surface area contributed by atoms with Crippen LogP contribution in [0.5, 0.6) is 0 Å². The van der Waals surface area contributed by atoms with Gasteiger partial charge in [-0.3, -0.25) is 4.31 Å². The first-order valence-electron chi connectivity index (χ1n) is 10.2. The second-order valence-electron chi connectivity index (χ2n) is 7.65. The normalized spacial score (nSPS) is 11.5. The van der Waals surface area contributed by atoms with Crippen molar-refractivity contribution in [3.63, 3.8) is 0 Å². The molecule has 0 amide bonds. The molecule has 0 unspecified atom stereocenters. The molecule has 13 heteroatoms. The summed E-state index contributed by atoms with van der Waals surface area (Å²) in [6.07, 6.45) is -1.78. The lowest BCUT2D eigenvalue weighted by Crippen LogP contribution is -2.25. The molecular formula is C22H20F2N8O2S. The summed E-state index contributed by atoms with van der Waals surface area (Å²) in [4.78, 5) is 15.0. The van der Waals surface area contributed by atoms with Crippen molar-refractivity contribution in [1.29, 1.82) is 5.26 Å². The number of benzene rings is 1. The molecule has 1 aromatic carbocycles. The Morgan fingerprint density at radius 3 is 2.49 bits per heavy atom. The number of alkyl halides is 2. The Labute approximate surface area is 199 Å². The highest BCUT2D eigenvalue weighted by molar-refractivity contribution is 7.92. The van der Waals surface area contributed by atoms with Crippen molar-refractivity contribution in [2.45, 2.75) is 13.3 Å². The van der Waals surface area contributed by atoms with E-state index in [2.05, 4.69) is 30.6 Å². The number of H-pyrrole nitrogens is 1. The lowest BCUT2D eigenvalue weighted by atomic mass is 10.2. The number of hydrogen-bond acceptors (Lipinski definition) is 8. The van der Waals surface area contributed by atoms with Gasteiger partial charge in [0.1, 0.15) is 28.9 Å². The maximum absolute atomic E-state index is 13.4. The van der Waals surface area contributed by atoms with Crippen molar-refractivity contribution in [2.24, 2.45) is 0 Å². The van der Waals surface area contributed by atoms with Gasteiger partial charge in [0.2, 0.25) is 10.0 Å². The molecule has 0 aliphatic rings. The summed E-state index contributed by atoms with van der Waals surface area (Å²) in [5.41, 5.74) is 2.19. The third kappa shape index (κ3) is 4.97. The van der Waals surface area contributed by atoms with Crippen LogP contribution in [0.25, 0.3) is 11.2 Å². The van der Waals surface area contributed by atoms with Gasteiger partial charge < -0.3 is 15.6 Å². The van der Waals surface area contributed by atoms with Gasteiger partial charge >= 0.3 is 0 Å². The zero-order valence-electron chi connectivity index (χ0n) is 18.8. The van der Waals surface area contributed by atoms with Crippen LogP contribution in [0, 0.1) is 18.3 Å². The van der Waals surface area contributed by atoms with Crippen LogP contribution in [-0.4, -0.2) is 41.7 Å². The molecule has 0 aliphatic carbocycles. The number of hydrogen-bond donors (Lipinski definition) is 3. The highest BCUT2D eigenvalue weighted by Crippen LogP contribution is 2.34. The van der Waals surface area contributed by atoms with Crippen LogP contribution >= 0.6 is 0 Å². The number of aryl methyl sites for hydroxylation is 1. The molecular weight excluding hydrogens is 478 g/mol. The molecule has 10 nitrogen and oxygen atoms in total. The monoisotopic (exact) mass is 498 g/mol. The quantitative estimate of drug-likeness (QED) is 0.342. The number of nitrogens with zero attached hydrogens (tertiary/aromatic N) is 5. The minimum Gasteiger partial charge on any atom is -0.352 e. The number of anilines is 5. The lowest BCUT2D eigenvalue weighted by Gasteiger charge is -2.21. The number of halogens is 2. The predicted octanol–water partition coefficient (Wildman–Crippen LogP) is 4.35. The second-order valence-corrected chi connectivity index (χ2v) is 9.66. The number of nitriles is 1. The van der Waals surface area contributed by atoms with E-state index in [9.17, 15) is 22.5 Å². The summed E-state index contributed by atoms with van der Waals surface area (Å²) >= 11 is 0. The molecule has 0 radical (unpaired) electrons. The number of para-hydroxylation sites is 2. The number of imidazole rings is 1. The van der Waals surface area contributed by atoms with Crippen LogP contribution in [-0.2, 0) is 10.0 Å². The van der Waals surface area contributed by atoms with Crippen molar-refractivity contribution in [1.82, 2.24) is 19.9 Å². The first-order valence-corrected chi connectivity index (χ1v) is 12.0. The molecule has 35 heavy (non-hydrogen) atoms. The Balaban J connectivity index is 1.81. The highest BCUT2D eigenvalue weighted by atomic mass is 32.2. The van der Waals surface area contributed by atoms with E-state index in [0.29, 0.717) is 28.4 Å². The highest BCUT2D eigenvalue weighted by Gasteiger charge is 2.20. The van der Waals surface area contributed by atoms with E-state index < -0.39 is 22.3 Å².